The highest BCUT2D eigenvalue weighted by Crippen LogP contribution is 2.58. The van der Waals surface area contributed by atoms with Crippen LogP contribution < -0.4 is 18.9 Å². The monoisotopic (exact) mass is 538 g/mol. The standard InChI is InChI=1S/C31H42N2O6/c1-7-33-13-10-19-15-25(36-3)27(38-5)17-22(19)29(33)24-14-21(30(34)35)8-11-31(24)23-18-28(39-6)26(37-4)16-20(23)9-12-32(31)2/h15-18,21,24,29H,7-14H2,1-6H3,(H,34,35)/t21-,24+,29?,31-/m0/s1. The van der Waals surface area contributed by atoms with Crippen LogP contribution in [0.5, 0.6) is 23.0 Å². The molecule has 1 N–H and O–H groups in total. The van der Waals surface area contributed by atoms with Gasteiger partial charge in [-0.1, -0.05) is 6.92 Å². The summed E-state index contributed by atoms with van der Waals surface area (Å²) in [6, 6.07) is 8.57. The summed E-state index contributed by atoms with van der Waals surface area (Å²) in [5.41, 5.74) is 4.62. The van der Waals surface area contributed by atoms with Gasteiger partial charge in [0.2, 0.25) is 0 Å². The predicted molar refractivity (Wildman–Crippen MR) is 149 cm³/mol. The van der Waals surface area contributed by atoms with E-state index in [4.69, 9.17) is 18.9 Å². The molecule has 1 spiro atoms. The number of nitrogens with zero attached hydrogens (tertiary/aromatic N) is 2. The molecule has 8 heteroatoms. The van der Waals surface area contributed by atoms with Crippen molar-refractivity contribution in [2.75, 3.05) is 55.1 Å². The number of likely N-dealkylation sites (N-methyl/N-ethyl adjacent to an activating group) is 2. The number of rotatable bonds is 7. The molecule has 0 amide bonds. The minimum Gasteiger partial charge on any atom is -0.493 e. The molecule has 1 saturated carbocycles. The highest BCUT2D eigenvalue weighted by atomic mass is 16.5. The maximum Gasteiger partial charge on any atom is 0.306 e. The second-order valence-corrected chi connectivity index (χ2v) is 11.1. The summed E-state index contributed by atoms with van der Waals surface area (Å²) in [7, 11) is 8.91. The molecule has 0 aromatic heterocycles. The molecule has 5 rings (SSSR count). The van der Waals surface area contributed by atoms with Crippen molar-refractivity contribution in [3.63, 3.8) is 0 Å². The first kappa shape index (κ1) is 27.6. The smallest absolute Gasteiger partial charge is 0.306 e. The highest BCUT2D eigenvalue weighted by Gasteiger charge is 2.55. The molecule has 8 nitrogen and oxygen atoms in total. The molecule has 2 aliphatic heterocycles. The highest BCUT2D eigenvalue weighted by molar-refractivity contribution is 5.70. The van der Waals surface area contributed by atoms with Gasteiger partial charge < -0.3 is 24.1 Å². The first-order valence-corrected chi connectivity index (χ1v) is 14.0. The number of ether oxygens (including phenoxy) is 4. The average molecular weight is 539 g/mol. The molecular formula is C31H42N2O6. The Bertz CT molecular complexity index is 1230. The third-order valence-electron chi connectivity index (χ3n) is 9.66. The summed E-state index contributed by atoms with van der Waals surface area (Å²) in [6.07, 6.45) is 3.83. The fraction of sp³-hybridized carbons (Fsp3) is 0.581. The number of carboxylic acids is 1. The van der Waals surface area contributed by atoms with Crippen LogP contribution in [0.2, 0.25) is 0 Å². The first-order chi connectivity index (χ1) is 18.8. The Morgan fingerprint density at radius 3 is 2.13 bits per heavy atom. The zero-order valence-corrected chi connectivity index (χ0v) is 24.1. The maximum atomic E-state index is 12.4. The Morgan fingerprint density at radius 2 is 1.51 bits per heavy atom. The summed E-state index contributed by atoms with van der Waals surface area (Å²) in [5.74, 6) is 1.85. The van der Waals surface area contributed by atoms with Gasteiger partial charge in [0.05, 0.1) is 39.9 Å². The van der Waals surface area contributed by atoms with Gasteiger partial charge in [-0.2, -0.15) is 0 Å². The minimum atomic E-state index is -0.702. The lowest BCUT2D eigenvalue weighted by molar-refractivity contribution is -0.147. The lowest BCUT2D eigenvalue weighted by Crippen LogP contribution is -2.59. The lowest BCUT2D eigenvalue weighted by Gasteiger charge is -2.58. The summed E-state index contributed by atoms with van der Waals surface area (Å²) in [4.78, 5) is 17.5. The summed E-state index contributed by atoms with van der Waals surface area (Å²) in [5, 5.41) is 10.2. The van der Waals surface area contributed by atoms with Crippen LogP contribution in [0.25, 0.3) is 0 Å². The van der Waals surface area contributed by atoms with E-state index in [-0.39, 0.29) is 23.4 Å². The van der Waals surface area contributed by atoms with Crippen molar-refractivity contribution in [2.45, 2.75) is 50.6 Å². The number of aliphatic carboxylic acids is 1. The van der Waals surface area contributed by atoms with Crippen molar-refractivity contribution < 1.29 is 28.8 Å². The molecule has 39 heavy (non-hydrogen) atoms. The van der Waals surface area contributed by atoms with E-state index in [0.29, 0.717) is 24.3 Å². The van der Waals surface area contributed by atoms with E-state index < -0.39 is 5.97 Å². The summed E-state index contributed by atoms with van der Waals surface area (Å²) >= 11 is 0. The van der Waals surface area contributed by atoms with Gasteiger partial charge >= 0.3 is 5.97 Å². The molecule has 0 radical (unpaired) electrons. The second-order valence-electron chi connectivity index (χ2n) is 11.1. The van der Waals surface area contributed by atoms with Crippen LogP contribution in [-0.4, -0.2) is 76.0 Å². The van der Waals surface area contributed by atoms with E-state index in [1.54, 1.807) is 28.4 Å². The van der Waals surface area contributed by atoms with Crippen LogP contribution >= 0.6 is 0 Å². The molecular weight excluding hydrogens is 496 g/mol. The third-order valence-corrected chi connectivity index (χ3v) is 9.66. The van der Waals surface area contributed by atoms with E-state index in [0.717, 1.165) is 50.4 Å². The topological polar surface area (TPSA) is 80.7 Å². The Morgan fingerprint density at radius 1 is 0.923 bits per heavy atom. The Hall–Kier alpha value is -2.97. The van der Waals surface area contributed by atoms with Gasteiger partial charge in [0.25, 0.3) is 0 Å². The Labute approximate surface area is 231 Å². The van der Waals surface area contributed by atoms with E-state index in [2.05, 4.69) is 48.0 Å². The summed E-state index contributed by atoms with van der Waals surface area (Å²) < 4.78 is 22.9. The molecule has 2 aromatic rings. The van der Waals surface area contributed by atoms with Crippen LogP contribution in [0.15, 0.2) is 24.3 Å². The quantitative estimate of drug-likeness (QED) is 0.551. The molecule has 0 bridgehead atoms. The number of carbonyl (C=O) groups is 1. The number of methoxy groups -OCH3 is 4. The molecule has 0 saturated heterocycles. The maximum absolute atomic E-state index is 12.4. The van der Waals surface area contributed by atoms with Crippen molar-refractivity contribution in [1.82, 2.24) is 9.80 Å². The van der Waals surface area contributed by atoms with Gasteiger partial charge in [-0.05, 0) is 92.2 Å². The molecule has 4 atom stereocenters. The van der Waals surface area contributed by atoms with Gasteiger partial charge in [-0.3, -0.25) is 14.6 Å². The van der Waals surface area contributed by atoms with E-state index in [9.17, 15) is 9.90 Å². The van der Waals surface area contributed by atoms with E-state index in [1.165, 1.54) is 22.3 Å². The molecule has 2 heterocycles. The van der Waals surface area contributed by atoms with Crippen LogP contribution in [0, 0.1) is 11.8 Å². The molecule has 2 aromatic carbocycles. The van der Waals surface area contributed by atoms with Gasteiger partial charge in [-0.15, -0.1) is 0 Å². The van der Waals surface area contributed by atoms with Crippen molar-refractivity contribution in [1.29, 1.82) is 0 Å². The molecule has 1 fully saturated rings. The van der Waals surface area contributed by atoms with Crippen LogP contribution in [-0.2, 0) is 23.2 Å². The van der Waals surface area contributed by atoms with Crippen molar-refractivity contribution in [3.8, 4) is 23.0 Å². The van der Waals surface area contributed by atoms with E-state index >= 15 is 0 Å². The Balaban J connectivity index is 1.75. The molecule has 1 unspecified atom stereocenters. The SMILES string of the molecule is CCN1CCc2cc(OC)c(OC)cc2C1[C@H]1C[C@@H](C(=O)O)CC[C@]12c1cc(OC)c(OC)cc1CCN2C. The van der Waals surface area contributed by atoms with Gasteiger partial charge in [0.1, 0.15) is 0 Å². The van der Waals surface area contributed by atoms with E-state index in [1.807, 2.05) is 0 Å². The Kier molecular flexibility index (Phi) is 7.71. The van der Waals surface area contributed by atoms with Gasteiger partial charge in [-0.25, -0.2) is 0 Å². The predicted octanol–water partition coefficient (Wildman–Crippen LogP) is 4.52. The molecule has 212 valence electrons. The van der Waals surface area contributed by atoms with Crippen molar-refractivity contribution in [2.24, 2.45) is 11.8 Å². The average Bonchev–Trinajstić information content (AvgIpc) is 2.97. The summed E-state index contributed by atoms with van der Waals surface area (Å²) in [6.45, 7) is 4.89. The number of hydrogen-bond donors (Lipinski definition) is 1. The van der Waals surface area contributed by atoms with Gasteiger partial charge in [0.15, 0.2) is 23.0 Å². The number of hydrogen-bond acceptors (Lipinski definition) is 7. The largest absolute Gasteiger partial charge is 0.493 e. The number of fused-ring (bicyclic) bond motifs is 3. The van der Waals surface area contributed by atoms with Crippen molar-refractivity contribution in [3.05, 3.63) is 46.5 Å². The number of carboxylic acid groups (broad SMARTS) is 1. The minimum absolute atomic E-state index is 0.0298. The molecule has 1 aliphatic carbocycles. The van der Waals surface area contributed by atoms with Crippen LogP contribution in [0.3, 0.4) is 0 Å². The number of benzene rings is 2. The third kappa shape index (κ3) is 4.42. The fourth-order valence-corrected chi connectivity index (χ4v) is 7.70. The lowest BCUT2D eigenvalue weighted by atomic mass is 9.58. The van der Waals surface area contributed by atoms with Crippen LogP contribution in [0.4, 0.5) is 0 Å². The first-order valence-electron chi connectivity index (χ1n) is 14.0. The zero-order chi connectivity index (χ0) is 27.9. The van der Waals surface area contributed by atoms with Crippen LogP contribution in [0.1, 0.15) is 54.5 Å². The van der Waals surface area contributed by atoms with Gasteiger partial charge in [0, 0.05) is 25.0 Å². The fourth-order valence-electron chi connectivity index (χ4n) is 7.70. The zero-order valence-electron chi connectivity index (χ0n) is 24.1. The second kappa shape index (κ2) is 10.9. The van der Waals surface area contributed by atoms with Crippen molar-refractivity contribution >= 4 is 5.97 Å². The molecule has 3 aliphatic rings. The normalized spacial score (nSPS) is 27.0.